The van der Waals surface area contributed by atoms with E-state index in [2.05, 4.69) is 10.2 Å². The van der Waals surface area contributed by atoms with Crippen molar-refractivity contribution in [1.29, 1.82) is 21.0 Å². The zero-order chi connectivity index (χ0) is 33.9. The van der Waals surface area contributed by atoms with Gasteiger partial charge in [0.1, 0.15) is 0 Å². The smallest absolute Gasteiger partial charge is 0.247 e. The van der Waals surface area contributed by atoms with Gasteiger partial charge in [0.05, 0.1) is 63.0 Å². The minimum absolute atomic E-state index is 0.0660. The van der Waals surface area contributed by atoms with Crippen LogP contribution in [0.1, 0.15) is 64.2 Å². The lowest BCUT2D eigenvalue weighted by molar-refractivity contribution is 0.436. The summed E-state index contributed by atoms with van der Waals surface area (Å²) in [4.78, 5) is 76.0. The van der Waals surface area contributed by atoms with Crippen LogP contribution in [0.5, 0.6) is 0 Å². The second kappa shape index (κ2) is 19.6. The van der Waals surface area contributed by atoms with Crippen molar-refractivity contribution >= 4 is 0 Å². The minimum Gasteiger partial charge on any atom is -0.247 e. The normalized spacial score (nSPS) is 10.8. The number of unbranched alkanes of at least 4 members (excludes halogenated alkanes) is 4. The highest BCUT2D eigenvalue weighted by molar-refractivity contribution is 4.84. The van der Waals surface area contributed by atoms with Gasteiger partial charge in [-0.25, -0.2) is 56.2 Å². The molecule has 0 aliphatic heterocycles. The molecule has 0 fully saturated rings. The highest BCUT2D eigenvalue weighted by atomic mass is 16.2. The predicted octanol–water partition coefficient (Wildman–Crippen LogP) is -0.195. The molecule has 0 bridgehead atoms. The van der Waals surface area contributed by atoms with Gasteiger partial charge >= 0.3 is 34.1 Å². The SMILES string of the molecule is N#CCCn1c(=O)n(CCC#N)c(=O)n(CCCCCN=NCCCCCn2c(=O)n(CCC#N)c(=O)n(CCC#N)c2=O)c1=O. The lowest BCUT2D eigenvalue weighted by Crippen LogP contribution is -2.54. The molecule has 18 heteroatoms. The molecule has 2 aromatic heterocycles. The third kappa shape index (κ3) is 9.96. The largest absolute Gasteiger partial charge is 0.336 e. The Morgan fingerprint density at radius 2 is 0.609 bits per heavy atom. The number of hydrogen-bond donors (Lipinski definition) is 0. The predicted molar refractivity (Wildman–Crippen MR) is 162 cm³/mol. The summed E-state index contributed by atoms with van der Waals surface area (Å²) in [5, 5.41) is 43.6. The first-order chi connectivity index (χ1) is 22.2. The summed E-state index contributed by atoms with van der Waals surface area (Å²) in [7, 11) is 0. The van der Waals surface area contributed by atoms with Crippen LogP contribution in [0, 0.1) is 45.3 Å². The maximum atomic E-state index is 12.7. The lowest BCUT2D eigenvalue weighted by atomic mass is 10.2. The second-order valence-corrected chi connectivity index (χ2v) is 10.1. The van der Waals surface area contributed by atoms with E-state index < -0.39 is 34.1 Å². The first-order valence-corrected chi connectivity index (χ1v) is 14.9. The quantitative estimate of drug-likeness (QED) is 0.137. The number of rotatable bonds is 20. The molecule has 2 rings (SSSR count). The van der Waals surface area contributed by atoms with Crippen LogP contribution in [0.3, 0.4) is 0 Å². The summed E-state index contributed by atoms with van der Waals surface area (Å²) in [5.41, 5.74) is -4.80. The molecule has 0 aliphatic carbocycles. The summed E-state index contributed by atoms with van der Waals surface area (Å²) in [5.74, 6) is 0. The van der Waals surface area contributed by atoms with Crippen molar-refractivity contribution in [1.82, 2.24) is 27.4 Å². The Hall–Kier alpha value is -5.62. The zero-order valence-electron chi connectivity index (χ0n) is 25.5. The van der Waals surface area contributed by atoms with E-state index in [-0.39, 0.29) is 65.0 Å². The lowest BCUT2D eigenvalue weighted by Gasteiger charge is -2.12. The standard InChI is InChI=1S/C28H36N12O6/c29-11-7-19-37-23(41)35(24(42)38(27(37)45)20-8-12-30)17-5-1-3-15-33-34-16-4-2-6-18-36-25(43)39(21-9-13-31)28(46)40(26(36)44)22-10-14-32/h1-10,15-22H2. The Kier molecular flexibility index (Phi) is 15.6. The molecular formula is C28H36N12O6. The fourth-order valence-corrected chi connectivity index (χ4v) is 4.56. The van der Waals surface area contributed by atoms with Crippen molar-refractivity contribution < 1.29 is 0 Å². The molecule has 0 saturated carbocycles. The van der Waals surface area contributed by atoms with Gasteiger partial charge in [-0.1, -0.05) is 0 Å². The third-order valence-corrected chi connectivity index (χ3v) is 6.94. The molecular weight excluding hydrogens is 600 g/mol. The van der Waals surface area contributed by atoms with E-state index in [9.17, 15) is 28.8 Å². The molecule has 18 nitrogen and oxygen atoms in total. The minimum atomic E-state index is -0.834. The van der Waals surface area contributed by atoms with Crippen LogP contribution in [-0.2, 0) is 39.3 Å². The van der Waals surface area contributed by atoms with E-state index in [1.165, 1.54) is 0 Å². The summed E-state index contributed by atoms with van der Waals surface area (Å²) in [6.45, 7) is 0.367. The average Bonchev–Trinajstić information content (AvgIpc) is 3.04. The number of nitrogens with zero attached hydrogens (tertiary/aromatic N) is 12. The average molecular weight is 637 g/mol. The maximum Gasteiger partial charge on any atom is 0.336 e. The molecule has 0 aliphatic rings. The van der Waals surface area contributed by atoms with Gasteiger partial charge in [-0.3, -0.25) is 0 Å². The van der Waals surface area contributed by atoms with Crippen molar-refractivity contribution in [2.75, 3.05) is 13.1 Å². The van der Waals surface area contributed by atoms with Crippen LogP contribution in [0.15, 0.2) is 39.0 Å². The Morgan fingerprint density at radius 3 is 0.848 bits per heavy atom. The van der Waals surface area contributed by atoms with Crippen LogP contribution < -0.4 is 34.1 Å². The monoisotopic (exact) mass is 636 g/mol. The van der Waals surface area contributed by atoms with Crippen LogP contribution in [0.2, 0.25) is 0 Å². The summed E-state index contributed by atoms with van der Waals surface area (Å²) in [6.07, 6.45) is 3.11. The first-order valence-electron chi connectivity index (χ1n) is 14.9. The van der Waals surface area contributed by atoms with Gasteiger partial charge in [0.15, 0.2) is 0 Å². The Morgan fingerprint density at radius 1 is 0.370 bits per heavy atom. The number of azo groups is 1. The van der Waals surface area contributed by atoms with Gasteiger partial charge in [-0.05, 0) is 38.5 Å². The van der Waals surface area contributed by atoms with Gasteiger partial charge in [0.2, 0.25) is 0 Å². The molecule has 2 heterocycles. The third-order valence-electron chi connectivity index (χ3n) is 6.94. The summed E-state index contributed by atoms with van der Waals surface area (Å²) >= 11 is 0. The molecule has 0 atom stereocenters. The van der Waals surface area contributed by atoms with E-state index in [0.29, 0.717) is 51.6 Å². The molecule has 0 aromatic carbocycles. The Labute approximate surface area is 262 Å². The molecule has 0 N–H and O–H groups in total. The molecule has 244 valence electrons. The highest BCUT2D eigenvalue weighted by Crippen LogP contribution is 2.00. The van der Waals surface area contributed by atoms with Crippen LogP contribution >= 0.6 is 0 Å². The topological polar surface area (TPSA) is 252 Å². The number of hydrogen-bond acceptors (Lipinski definition) is 12. The van der Waals surface area contributed by atoms with Gasteiger partial charge in [0.25, 0.3) is 0 Å². The van der Waals surface area contributed by atoms with Crippen LogP contribution in [0.25, 0.3) is 0 Å². The van der Waals surface area contributed by atoms with Crippen LogP contribution in [0.4, 0.5) is 0 Å². The van der Waals surface area contributed by atoms with E-state index in [0.717, 1.165) is 27.4 Å². The molecule has 0 radical (unpaired) electrons. The van der Waals surface area contributed by atoms with Crippen molar-refractivity contribution in [3.8, 4) is 24.3 Å². The fourth-order valence-electron chi connectivity index (χ4n) is 4.56. The van der Waals surface area contributed by atoms with E-state index >= 15 is 0 Å². The summed E-state index contributed by atoms with van der Waals surface area (Å²) in [6, 6.07) is 7.47. The maximum absolute atomic E-state index is 12.7. The molecule has 0 spiro atoms. The van der Waals surface area contributed by atoms with Crippen molar-refractivity contribution in [2.24, 2.45) is 10.2 Å². The molecule has 0 saturated heterocycles. The Balaban J connectivity index is 1.84. The number of aromatic nitrogens is 6. The van der Waals surface area contributed by atoms with Crippen molar-refractivity contribution in [2.45, 2.75) is 103 Å². The van der Waals surface area contributed by atoms with Gasteiger partial charge in [0, 0.05) is 39.3 Å². The van der Waals surface area contributed by atoms with Crippen molar-refractivity contribution in [3.63, 3.8) is 0 Å². The molecule has 0 unspecified atom stereocenters. The second-order valence-electron chi connectivity index (χ2n) is 10.1. The van der Waals surface area contributed by atoms with Gasteiger partial charge in [-0.2, -0.15) is 31.3 Å². The van der Waals surface area contributed by atoms with Crippen LogP contribution in [-0.4, -0.2) is 40.5 Å². The van der Waals surface area contributed by atoms with Gasteiger partial charge < -0.3 is 0 Å². The van der Waals surface area contributed by atoms with E-state index in [4.69, 9.17) is 21.0 Å². The molecule has 46 heavy (non-hydrogen) atoms. The van der Waals surface area contributed by atoms with E-state index in [1.54, 1.807) is 0 Å². The summed E-state index contributed by atoms with van der Waals surface area (Å²) < 4.78 is 5.28. The highest BCUT2D eigenvalue weighted by Gasteiger charge is 2.16. The fraction of sp³-hybridized carbons (Fsp3) is 0.643. The first kappa shape index (κ1) is 36.6. The zero-order valence-corrected chi connectivity index (χ0v) is 25.5. The number of nitriles is 4. The molecule has 2 aromatic rings. The van der Waals surface area contributed by atoms with Crippen molar-refractivity contribution in [3.05, 3.63) is 62.9 Å². The Bertz CT molecular complexity index is 1650. The van der Waals surface area contributed by atoms with Gasteiger partial charge in [-0.15, -0.1) is 0 Å². The van der Waals surface area contributed by atoms with E-state index in [1.807, 2.05) is 24.3 Å². The molecule has 0 amide bonds.